The molecule has 6 heteroatoms. The fraction of sp³-hybridized carbons (Fsp3) is 0.650. The average Bonchev–Trinajstić information content (AvgIpc) is 2.64. The number of halogens is 1. The first-order valence-corrected chi connectivity index (χ1v) is 9.76. The van der Waals surface area contributed by atoms with Crippen molar-refractivity contribution in [1.82, 2.24) is 15.5 Å². The SMILES string of the molecule is CCNC(=NCCCCN1CCOCC1)NCCc1ccc(F)cc1C. The Kier molecular flexibility index (Phi) is 9.42. The summed E-state index contributed by atoms with van der Waals surface area (Å²) in [5.74, 6) is 0.685. The van der Waals surface area contributed by atoms with E-state index >= 15 is 0 Å². The summed E-state index contributed by atoms with van der Waals surface area (Å²) >= 11 is 0. The van der Waals surface area contributed by atoms with E-state index in [1.807, 2.05) is 13.0 Å². The smallest absolute Gasteiger partial charge is 0.191 e. The number of unbranched alkanes of at least 4 members (excludes halogenated alkanes) is 1. The minimum Gasteiger partial charge on any atom is -0.379 e. The van der Waals surface area contributed by atoms with Crippen LogP contribution in [-0.4, -0.2) is 63.3 Å². The van der Waals surface area contributed by atoms with Crippen molar-refractivity contribution in [2.75, 3.05) is 52.5 Å². The fourth-order valence-corrected chi connectivity index (χ4v) is 3.06. The molecule has 2 rings (SSSR count). The molecule has 1 aromatic rings. The first-order valence-electron chi connectivity index (χ1n) is 9.76. The largest absolute Gasteiger partial charge is 0.379 e. The molecule has 1 fully saturated rings. The van der Waals surface area contributed by atoms with Crippen molar-refractivity contribution < 1.29 is 9.13 Å². The van der Waals surface area contributed by atoms with Crippen LogP contribution in [0.15, 0.2) is 23.2 Å². The van der Waals surface area contributed by atoms with Crippen LogP contribution >= 0.6 is 0 Å². The van der Waals surface area contributed by atoms with Crippen molar-refractivity contribution in [1.29, 1.82) is 0 Å². The number of nitrogens with one attached hydrogen (secondary N) is 2. The molecule has 1 saturated heterocycles. The highest BCUT2D eigenvalue weighted by Gasteiger charge is 2.09. The second kappa shape index (κ2) is 11.9. The summed E-state index contributed by atoms with van der Waals surface area (Å²) in [7, 11) is 0. The van der Waals surface area contributed by atoms with Crippen LogP contribution in [0.25, 0.3) is 0 Å². The number of aryl methyl sites for hydroxylation is 1. The second-order valence-corrected chi connectivity index (χ2v) is 6.67. The zero-order valence-electron chi connectivity index (χ0n) is 16.2. The van der Waals surface area contributed by atoms with Crippen LogP contribution in [-0.2, 0) is 11.2 Å². The standard InChI is InChI=1S/C20H33FN4O/c1-3-22-20(23-9-4-5-11-25-12-14-26-15-13-25)24-10-8-18-6-7-19(21)16-17(18)2/h6-7,16H,3-5,8-15H2,1-2H3,(H2,22,23,24). The van der Waals surface area contributed by atoms with Gasteiger partial charge in [-0.3, -0.25) is 9.89 Å². The lowest BCUT2D eigenvalue weighted by molar-refractivity contribution is 0.0373. The molecule has 1 aliphatic heterocycles. The van der Waals surface area contributed by atoms with Crippen LogP contribution < -0.4 is 10.6 Å². The van der Waals surface area contributed by atoms with E-state index in [0.29, 0.717) is 0 Å². The van der Waals surface area contributed by atoms with E-state index < -0.39 is 0 Å². The molecular weight excluding hydrogens is 331 g/mol. The molecular formula is C20H33FN4O. The molecule has 1 heterocycles. The number of benzene rings is 1. The summed E-state index contributed by atoms with van der Waals surface area (Å²) in [5, 5.41) is 6.65. The van der Waals surface area contributed by atoms with Gasteiger partial charge in [-0.25, -0.2) is 4.39 Å². The number of hydrogen-bond acceptors (Lipinski definition) is 3. The number of hydrogen-bond donors (Lipinski definition) is 2. The summed E-state index contributed by atoms with van der Waals surface area (Å²) in [5.41, 5.74) is 2.16. The van der Waals surface area contributed by atoms with Crippen molar-refractivity contribution in [3.63, 3.8) is 0 Å². The topological polar surface area (TPSA) is 48.9 Å². The van der Waals surface area contributed by atoms with Gasteiger partial charge in [0.1, 0.15) is 5.82 Å². The van der Waals surface area contributed by atoms with E-state index in [1.165, 1.54) is 11.6 Å². The quantitative estimate of drug-likeness (QED) is 0.401. The van der Waals surface area contributed by atoms with Gasteiger partial charge in [-0.15, -0.1) is 0 Å². The van der Waals surface area contributed by atoms with Crippen molar-refractivity contribution in [2.45, 2.75) is 33.1 Å². The predicted octanol–water partition coefficient (Wildman–Crippen LogP) is 2.34. The molecule has 5 nitrogen and oxygen atoms in total. The molecule has 1 aromatic carbocycles. The average molecular weight is 365 g/mol. The van der Waals surface area contributed by atoms with Gasteiger partial charge in [0.15, 0.2) is 5.96 Å². The van der Waals surface area contributed by atoms with Crippen LogP contribution in [0.3, 0.4) is 0 Å². The normalized spacial score (nSPS) is 15.9. The molecule has 146 valence electrons. The van der Waals surface area contributed by atoms with E-state index in [9.17, 15) is 4.39 Å². The summed E-state index contributed by atoms with van der Waals surface area (Å²) in [6, 6.07) is 4.97. The van der Waals surface area contributed by atoms with Crippen molar-refractivity contribution in [2.24, 2.45) is 4.99 Å². The lowest BCUT2D eigenvalue weighted by atomic mass is 10.1. The van der Waals surface area contributed by atoms with E-state index in [1.54, 1.807) is 6.07 Å². The fourth-order valence-electron chi connectivity index (χ4n) is 3.06. The Morgan fingerprint density at radius 3 is 2.77 bits per heavy atom. The number of morpholine rings is 1. The number of nitrogens with zero attached hydrogens (tertiary/aromatic N) is 2. The Morgan fingerprint density at radius 2 is 2.04 bits per heavy atom. The van der Waals surface area contributed by atoms with E-state index in [2.05, 4.69) is 27.4 Å². The second-order valence-electron chi connectivity index (χ2n) is 6.67. The number of guanidine groups is 1. The molecule has 0 aliphatic carbocycles. The number of aliphatic imine (C=N–C) groups is 1. The summed E-state index contributed by atoms with van der Waals surface area (Å²) < 4.78 is 18.5. The Hall–Kier alpha value is -1.66. The van der Waals surface area contributed by atoms with Crippen LogP contribution in [0.1, 0.15) is 30.9 Å². The minimum atomic E-state index is -0.175. The highest BCUT2D eigenvalue weighted by molar-refractivity contribution is 5.79. The van der Waals surface area contributed by atoms with Gasteiger partial charge >= 0.3 is 0 Å². The van der Waals surface area contributed by atoms with Crippen LogP contribution in [0.5, 0.6) is 0 Å². The van der Waals surface area contributed by atoms with Crippen molar-refractivity contribution in [3.05, 3.63) is 35.1 Å². The predicted molar refractivity (Wildman–Crippen MR) is 105 cm³/mol. The Labute approximate surface area is 157 Å². The highest BCUT2D eigenvalue weighted by Crippen LogP contribution is 2.10. The Bertz CT molecular complexity index is 559. The van der Waals surface area contributed by atoms with E-state index in [-0.39, 0.29) is 5.82 Å². The third-order valence-electron chi connectivity index (χ3n) is 4.59. The number of rotatable bonds is 9. The first kappa shape index (κ1) is 20.6. The molecule has 0 spiro atoms. The lowest BCUT2D eigenvalue weighted by Gasteiger charge is -2.26. The molecule has 0 amide bonds. The summed E-state index contributed by atoms with van der Waals surface area (Å²) in [6.07, 6.45) is 3.11. The van der Waals surface area contributed by atoms with Gasteiger partial charge in [0.25, 0.3) is 0 Å². The maximum Gasteiger partial charge on any atom is 0.191 e. The first-order chi connectivity index (χ1) is 12.7. The van der Waals surface area contributed by atoms with Gasteiger partial charge in [0.2, 0.25) is 0 Å². The summed E-state index contributed by atoms with van der Waals surface area (Å²) in [6.45, 7) is 11.4. The number of ether oxygens (including phenoxy) is 1. The van der Waals surface area contributed by atoms with Crippen molar-refractivity contribution >= 4 is 5.96 Å². The van der Waals surface area contributed by atoms with Gasteiger partial charge < -0.3 is 15.4 Å². The maximum absolute atomic E-state index is 13.2. The van der Waals surface area contributed by atoms with Gasteiger partial charge in [-0.2, -0.15) is 0 Å². The molecule has 0 unspecified atom stereocenters. The minimum absolute atomic E-state index is 0.175. The zero-order valence-corrected chi connectivity index (χ0v) is 16.2. The highest BCUT2D eigenvalue weighted by atomic mass is 19.1. The molecule has 26 heavy (non-hydrogen) atoms. The molecule has 0 aromatic heterocycles. The van der Waals surface area contributed by atoms with Gasteiger partial charge in [0.05, 0.1) is 13.2 Å². The van der Waals surface area contributed by atoms with Crippen LogP contribution in [0.4, 0.5) is 4.39 Å². The molecule has 0 saturated carbocycles. The van der Waals surface area contributed by atoms with E-state index in [4.69, 9.17) is 4.74 Å². The van der Waals surface area contributed by atoms with Crippen molar-refractivity contribution in [3.8, 4) is 0 Å². The molecule has 2 N–H and O–H groups in total. The monoisotopic (exact) mass is 364 g/mol. The molecule has 1 aliphatic rings. The van der Waals surface area contributed by atoms with Crippen LogP contribution in [0.2, 0.25) is 0 Å². The third kappa shape index (κ3) is 7.70. The van der Waals surface area contributed by atoms with Crippen LogP contribution in [0, 0.1) is 12.7 Å². The van der Waals surface area contributed by atoms with E-state index in [0.717, 1.165) is 83.3 Å². The maximum atomic E-state index is 13.2. The van der Waals surface area contributed by atoms with Gasteiger partial charge in [0, 0.05) is 32.7 Å². The lowest BCUT2D eigenvalue weighted by Crippen LogP contribution is -2.38. The van der Waals surface area contributed by atoms with Gasteiger partial charge in [-0.05, 0) is 62.9 Å². The molecule has 0 radical (unpaired) electrons. The summed E-state index contributed by atoms with van der Waals surface area (Å²) in [4.78, 5) is 7.12. The Balaban J connectivity index is 1.66. The Morgan fingerprint density at radius 1 is 1.23 bits per heavy atom. The van der Waals surface area contributed by atoms with Gasteiger partial charge in [-0.1, -0.05) is 6.07 Å². The zero-order chi connectivity index (χ0) is 18.6. The molecule has 0 bridgehead atoms. The molecule has 0 atom stereocenters. The third-order valence-corrected chi connectivity index (χ3v) is 4.59.